The van der Waals surface area contributed by atoms with Gasteiger partial charge in [-0.05, 0) is 42.2 Å². The van der Waals surface area contributed by atoms with Crippen LogP contribution in [0.3, 0.4) is 0 Å². The summed E-state index contributed by atoms with van der Waals surface area (Å²) in [6, 6.07) is 12.9. The third-order valence-corrected chi connectivity index (χ3v) is 7.01. The van der Waals surface area contributed by atoms with E-state index in [1.54, 1.807) is 6.07 Å². The number of nitrogens with one attached hydrogen (secondary N) is 3. The van der Waals surface area contributed by atoms with Crippen LogP contribution in [0.4, 0.5) is 0 Å². The zero-order chi connectivity index (χ0) is 23.6. The highest BCUT2D eigenvalue weighted by atomic mass is 35.5. The third-order valence-electron chi connectivity index (χ3n) is 6.78. The second-order valence-electron chi connectivity index (χ2n) is 8.80. The van der Waals surface area contributed by atoms with Crippen LogP contribution in [0.2, 0.25) is 5.02 Å². The molecule has 2 aliphatic heterocycles. The van der Waals surface area contributed by atoms with Crippen molar-refractivity contribution in [2.45, 2.75) is 63.9 Å². The third kappa shape index (κ3) is 5.00. The van der Waals surface area contributed by atoms with Crippen molar-refractivity contribution in [3.8, 4) is 5.75 Å². The number of halogens is 1. The summed E-state index contributed by atoms with van der Waals surface area (Å²) in [5.74, 6) is 0.853. The first kappa shape index (κ1) is 23.5. The SMILES string of the molecule is CCC1(CC)CC(=O)N(Cc2cccc(C(O)NC3CCOc4ccc(Cl)cc43)c2)C(=N)N1. The van der Waals surface area contributed by atoms with Crippen LogP contribution in [0.5, 0.6) is 5.75 Å². The second-order valence-corrected chi connectivity index (χ2v) is 9.24. The highest BCUT2D eigenvalue weighted by Gasteiger charge is 2.38. The van der Waals surface area contributed by atoms with Crippen molar-refractivity contribution in [2.75, 3.05) is 6.61 Å². The molecule has 2 unspecified atom stereocenters. The molecule has 1 fully saturated rings. The molecule has 2 aromatic carbocycles. The van der Waals surface area contributed by atoms with Gasteiger partial charge in [-0.2, -0.15) is 0 Å². The number of aliphatic hydroxyl groups excluding tert-OH is 1. The molecule has 2 heterocycles. The number of carbonyl (C=O) groups excluding carboxylic acids is 1. The second kappa shape index (κ2) is 9.71. The number of fused-ring (bicyclic) bond motifs is 1. The van der Waals surface area contributed by atoms with Crippen LogP contribution in [-0.2, 0) is 11.3 Å². The van der Waals surface area contributed by atoms with Gasteiger partial charge in [0, 0.05) is 28.6 Å². The molecule has 1 saturated heterocycles. The van der Waals surface area contributed by atoms with E-state index in [0.29, 0.717) is 30.0 Å². The Bertz CT molecular complexity index is 1020. The number of amides is 1. The number of hydrogen-bond acceptors (Lipinski definition) is 5. The predicted octanol–water partition coefficient (Wildman–Crippen LogP) is 4.26. The first-order valence-electron chi connectivity index (χ1n) is 11.5. The quantitative estimate of drug-likeness (QED) is 0.453. The van der Waals surface area contributed by atoms with Crippen LogP contribution in [0.25, 0.3) is 0 Å². The molecule has 2 aliphatic rings. The van der Waals surface area contributed by atoms with E-state index in [2.05, 4.69) is 10.6 Å². The number of carbonyl (C=O) groups is 1. The fraction of sp³-hybridized carbons (Fsp3) is 0.440. The summed E-state index contributed by atoms with van der Waals surface area (Å²) in [6.07, 6.45) is 1.77. The Hall–Kier alpha value is -2.61. The monoisotopic (exact) mass is 470 g/mol. The van der Waals surface area contributed by atoms with E-state index < -0.39 is 6.23 Å². The predicted molar refractivity (Wildman–Crippen MR) is 128 cm³/mol. The van der Waals surface area contributed by atoms with Crippen molar-refractivity contribution in [3.63, 3.8) is 0 Å². The van der Waals surface area contributed by atoms with Gasteiger partial charge in [0.2, 0.25) is 5.91 Å². The number of benzene rings is 2. The van der Waals surface area contributed by atoms with Crippen molar-refractivity contribution in [1.82, 2.24) is 15.5 Å². The molecule has 1 amide bonds. The van der Waals surface area contributed by atoms with Crippen molar-refractivity contribution in [3.05, 3.63) is 64.2 Å². The lowest BCUT2D eigenvalue weighted by Gasteiger charge is -2.42. The number of aliphatic hydroxyl groups is 1. The molecular formula is C25H31ClN4O3. The van der Waals surface area contributed by atoms with Crippen LogP contribution in [0, 0.1) is 5.41 Å². The zero-order valence-electron chi connectivity index (χ0n) is 19.0. The summed E-state index contributed by atoms with van der Waals surface area (Å²) in [6.45, 7) is 4.91. The molecule has 0 bridgehead atoms. The van der Waals surface area contributed by atoms with Crippen LogP contribution in [0.15, 0.2) is 42.5 Å². The standard InChI is InChI=1S/C25H31ClN4O3/c1-3-25(4-2)14-22(31)30(24(27)29-25)15-16-6-5-7-17(12-16)23(32)28-20-10-11-33-21-9-8-18(26)13-19(20)21/h5-9,12-13,20,23,28,32H,3-4,10-11,14-15H2,1-2H3,(H2,27,29). The average Bonchev–Trinajstić information content (AvgIpc) is 2.82. The summed E-state index contributed by atoms with van der Waals surface area (Å²) in [4.78, 5) is 14.3. The Morgan fingerprint density at radius 2 is 2.09 bits per heavy atom. The lowest BCUT2D eigenvalue weighted by molar-refractivity contribution is -0.131. The minimum absolute atomic E-state index is 0.0535. The minimum atomic E-state index is -0.901. The van der Waals surface area contributed by atoms with Crippen molar-refractivity contribution in [1.29, 1.82) is 5.41 Å². The Kier molecular flexibility index (Phi) is 6.93. The van der Waals surface area contributed by atoms with Gasteiger partial charge >= 0.3 is 0 Å². The largest absolute Gasteiger partial charge is 0.493 e. The van der Waals surface area contributed by atoms with Gasteiger partial charge in [-0.3, -0.25) is 20.4 Å². The van der Waals surface area contributed by atoms with Gasteiger partial charge in [0.25, 0.3) is 0 Å². The Morgan fingerprint density at radius 3 is 2.82 bits per heavy atom. The van der Waals surface area contributed by atoms with Crippen molar-refractivity contribution >= 4 is 23.5 Å². The number of rotatable bonds is 7. The van der Waals surface area contributed by atoms with E-state index in [1.807, 2.05) is 50.2 Å². The lowest BCUT2D eigenvalue weighted by atomic mass is 9.87. The molecule has 0 aliphatic carbocycles. The highest BCUT2D eigenvalue weighted by molar-refractivity contribution is 6.30. The first-order chi connectivity index (χ1) is 15.8. The highest BCUT2D eigenvalue weighted by Crippen LogP contribution is 2.35. The Morgan fingerprint density at radius 1 is 1.30 bits per heavy atom. The molecule has 7 nitrogen and oxygen atoms in total. The van der Waals surface area contributed by atoms with E-state index in [1.165, 1.54) is 4.90 Å². The molecule has 8 heteroatoms. The summed E-state index contributed by atoms with van der Waals surface area (Å²) in [7, 11) is 0. The number of guanidine groups is 1. The Labute approximate surface area is 199 Å². The van der Waals surface area contributed by atoms with E-state index in [0.717, 1.165) is 29.7 Å². The van der Waals surface area contributed by atoms with Crippen LogP contribution >= 0.6 is 11.6 Å². The molecule has 0 aromatic heterocycles. The topological polar surface area (TPSA) is 97.7 Å². The summed E-state index contributed by atoms with van der Waals surface area (Å²) >= 11 is 6.17. The van der Waals surface area contributed by atoms with Gasteiger partial charge in [0.15, 0.2) is 5.96 Å². The smallest absolute Gasteiger partial charge is 0.231 e. The first-order valence-corrected chi connectivity index (χ1v) is 11.8. The van der Waals surface area contributed by atoms with Gasteiger partial charge in [0.1, 0.15) is 12.0 Å². The van der Waals surface area contributed by atoms with Gasteiger partial charge in [-0.1, -0.05) is 49.7 Å². The van der Waals surface area contributed by atoms with Crippen molar-refractivity contribution in [2.24, 2.45) is 0 Å². The number of nitrogens with zero attached hydrogens (tertiary/aromatic N) is 1. The molecule has 176 valence electrons. The molecule has 4 rings (SSSR count). The van der Waals surface area contributed by atoms with Crippen LogP contribution in [-0.4, -0.2) is 34.0 Å². The van der Waals surface area contributed by atoms with Gasteiger partial charge in [-0.25, -0.2) is 0 Å². The molecule has 4 N–H and O–H groups in total. The molecule has 2 aromatic rings. The van der Waals surface area contributed by atoms with Crippen LogP contribution in [0.1, 0.15) is 68.5 Å². The van der Waals surface area contributed by atoms with E-state index in [4.69, 9.17) is 21.7 Å². The maximum atomic E-state index is 12.8. The van der Waals surface area contributed by atoms with E-state index in [-0.39, 0.29) is 30.0 Å². The van der Waals surface area contributed by atoms with E-state index >= 15 is 0 Å². The van der Waals surface area contributed by atoms with Crippen molar-refractivity contribution < 1.29 is 14.6 Å². The lowest BCUT2D eigenvalue weighted by Crippen LogP contribution is -2.61. The van der Waals surface area contributed by atoms with Gasteiger partial charge in [-0.15, -0.1) is 0 Å². The van der Waals surface area contributed by atoms with Crippen LogP contribution < -0.4 is 15.4 Å². The molecule has 33 heavy (non-hydrogen) atoms. The molecule has 0 spiro atoms. The zero-order valence-corrected chi connectivity index (χ0v) is 19.8. The maximum absolute atomic E-state index is 12.8. The summed E-state index contributed by atoms with van der Waals surface area (Å²) < 4.78 is 5.71. The summed E-state index contributed by atoms with van der Waals surface area (Å²) in [5.41, 5.74) is 2.14. The minimum Gasteiger partial charge on any atom is -0.493 e. The number of ether oxygens (including phenoxy) is 1. The van der Waals surface area contributed by atoms with E-state index in [9.17, 15) is 9.90 Å². The molecular weight excluding hydrogens is 440 g/mol. The fourth-order valence-electron chi connectivity index (χ4n) is 4.59. The fourth-order valence-corrected chi connectivity index (χ4v) is 4.77. The number of hydrogen-bond donors (Lipinski definition) is 4. The normalized spacial score (nSPS) is 20.6. The van der Waals surface area contributed by atoms with Gasteiger partial charge in [0.05, 0.1) is 19.6 Å². The summed E-state index contributed by atoms with van der Waals surface area (Å²) in [5, 5.41) is 26.4. The molecule has 2 atom stereocenters. The molecule has 0 radical (unpaired) electrons. The average molecular weight is 471 g/mol. The van der Waals surface area contributed by atoms with Gasteiger partial charge < -0.3 is 15.2 Å². The molecule has 0 saturated carbocycles. The maximum Gasteiger partial charge on any atom is 0.231 e. The Balaban J connectivity index is 1.46.